The first kappa shape index (κ1) is 20.8. The fourth-order valence-electron chi connectivity index (χ4n) is 3.89. The molecule has 1 aromatic rings. The van der Waals surface area contributed by atoms with Crippen LogP contribution in [-0.4, -0.2) is 32.8 Å². The predicted molar refractivity (Wildman–Crippen MR) is 120 cm³/mol. The number of hydrogen-bond acceptors (Lipinski definition) is 3. The molecule has 0 spiro atoms. The van der Waals surface area contributed by atoms with E-state index in [4.69, 9.17) is 4.74 Å². The predicted octanol–water partition coefficient (Wildman–Crippen LogP) is 4.92. The fourth-order valence-corrected chi connectivity index (χ4v) is 6.27. The van der Waals surface area contributed by atoms with Crippen LogP contribution in [0.5, 0.6) is 0 Å². The van der Waals surface area contributed by atoms with Gasteiger partial charge in [0, 0.05) is 35.6 Å². The molecule has 2 aliphatic rings. The van der Waals surface area contributed by atoms with E-state index in [0.29, 0.717) is 25.0 Å². The van der Waals surface area contributed by atoms with Crippen molar-refractivity contribution in [1.82, 2.24) is 0 Å². The molecule has 0 amide bonds. The van der Waals surface area contributed by atoms with Crippen LogP contribution in [-0.2, 0) is 9.53 Å². The molecule has 0 bridgehead atoms. The molecule has 1 aliphatic carbocycles. The fraction of sp³-hybridized carbons (Fsp3) is 0.435. The average molecular weight is 411 g/mol. The smallest absolute Gasteiger partial charge is 0.335 e. The van der Waals surface area contributed by atoms with Crippen LogP contribution in [0.3, 0.4) is 0 Å². The van der Waals surface area contributed by atoms with Gasteiger partial charge in [0.1, 0.15) is 13.8 Å². The van der Waals surface area contributed by atoms with Gasteiger partial charge in [0.25, 0.3) is 0 Å². The summed E-state index contributed by atoms with van der Waals surface area (Å²) in [4.78, 5) is 12.7. The number of fused-ring (bicyclic) bond motifs is 1. The monoisotopic (exact) mass is 410 g/mol. The molecular weight excluding hydrogens is 380 g/mol. The molecule has 28 heavy (non-hydrogen) atoms. The maximum Gasteiger partial charge on any atom is 0.335 e. The summed E-state index contributed by atoms with van der Waals surface area (Å²) in [7, 11) is -3.42. The maximum absolute atomic E-state index is 12.7. The van der Waals surface area contributed by atoms with E-state index in [1.54, 1.807) is 0 Å². The second-order valence-corrected chi connectivity index (χ2v) is 19.7. The number of ether oxygens (including phenoxy) is 1. The van der Waals surface area contributed by atoms with Gasteiger partial charge in [0.05, 0.1) is 13.7 Å². The first-order chi connectivity index (χ1) is 12.9. The number of allylic oxidation sites excluding steroid dienone is 1. The van der Waals surface area contributed by atoms with Crippen LogP contribution < -0.4 is 0 Å². The summed E-state index contributed by atoms with van der Waals surface area (Å²) in [6.07, 6.45) is 1.30. The molecule has 0 saturated heterocycles. The molecular formula is C23H30O3Si2. The molecule has 0 saturated carbocycles. The van der Waals surface area contributed by atoms with Gasteiger partial charge in [-0.2, -0.15) is 0 Å². The molecule has 0 unspecified atom stereocenters. The quantitative estimate of drug-likeness (QED) is 0.437. The highest BCUT2D eigenvalue weighted by atomic mass is 28.3. The Labute approximate surface area is 170 Å². The molecule has 148 valence electrons. The first-order valence-electron chi connectivity index (χ1n) is 9.87. The van der Waals surface area contributed by atoms with Gasteiger partial charge in [-0.15, -0.1) is 11.5 Å². The minimum atomic E-state index is -1.92. The number of esters is 1. The van der Waals surface area contributed by atoms with Crippen LogP contribution in [0.1, 0.15) is 24.8 Å². The van der Waals surface area contributed by atoms with Gasteiger partial charge >= 0.3 is 5.97 Å². The lowest BCUT2D eigenvalue weighted by Crippen LogP contribution is -2.35. The zero-order valence-electron chi connectivity index (χ0n) is 17.8. The third kappa shape index (κ3) is 4.40. The summed E-state index contributed by atoms with van der Waals surface area (Å²) < 4.78 is 5.78. The van der Waals surface area contributed by atoms with E-state index in [1.165, 1.54) is 0 Å². The molecule has 3 rings (SSSR count). The largest absolute Gasteiger partial charge is 0.423 e. The Morgan fingerprint density at radius 2 is 1.64 bits per heavy atom. The third-order valence-electron chi connectivity index (χ3n) is 5.01. The van der Waals surface area contributed by atoms with Crippen LogP contribution in [0.4, 0.5) is 0 Å². The highest BCUT2D eigenvalue weighted by molar-refractivity contribution is 6.87. The zero-order chi connectivity index (χ0) is 20.7. The third-order valence-corrected chi connectivity index (χ3v) is 7.95. The Balaban J connectivity index is 2.12. The topological polar surface area (TPSA) is 46.5 Å². The standard InChI is InChI=1S/C23H30O3Si2/c1-27(2,3)14-10-13-23(25)15-18(17-11-8-7-9-12-17)20-19(16-23)21(22(24)26-20)28(4,5)6/h7-9,11-12,25H,13,15-16H2,1-6H3/t23-/m0/s1. The van der Waals surface area contributed by atoms with Crippen LogP contribution >= 0.6 is 0 Å². The Morgan fingerprint density at radius 3 is 2.21 bits per heavy atom. The minimum absolute atomic E-state index is 0.227. The van der Waals surface area contributed by atoms with Crippen molar-refractivity contribution in [2.75, 3.05) is 0 Å². The summed E-state index contributed by atoms with van der Waals surface area (Å²) in [5.74, 6) is 3.70. The number of carbonyl (C=O) groups excluding carboxylic acids is 1. The molecule has 3 nitrogen and oxygen atoms in total. The van der Waals surface area contributed by atoms with Crippen LogP contribution in [0.15, 0.2) is 46.9 Å². The van der Waals surface area contributed by atoms with Gasteiger partial charge < -0.3 is 9.84 Å². The zero-order valence-corrected chi connectivity index (χ0v) is 19.8. The summed E-state index contributed by atoms with van der Waals surface area (Å²) in [5, 5.41) is 12.3. The highest BCUT2D eigenvalue weighted by Gasteiger charge is 2.46. The molecule has 5 heteroatoms. The Morgan fingerprint density at radius 1 is 1.04 bits per heavy atom. The maximum atomic E-state index is 12.7. The number of carbonyl (C=O) groups is 1. The summed E-state index contributed by atoms with van der Waals surface area (Å²) in [6, 6.07) is 9.94. The van der Waals surface area contributed by atoms with Gasteiger partial charge in [-0.05, 0) is 5.56 Å². The van der Waals surface area contributed by atoms with Crippen molar-refractivity contribution in [3.05, 3.63) is 52.4 Å². The van der Waals surface area contributed by atoms with Crippen molar-refractivity contribution >= 4 is 27.7 Å². The van der Waals surface area contributed by atoms with Gasteiger partial charge in [-0.1, -0.05) is 69.6 Å². The van der Waals surface area contributed by atoms with Crippen LogP contribution in [0, 0.1) is 11.5 Å². The van der Waals surface area contributed by atoms with Crippen molar-refractivity contribution in [2.45, 2.75) is 64.1 Å². The lowest BCUT2D eigenvalue weighted by molar-refractivity contribution is -0.132. The van der Waals surface area contributed by atoms with Gasteiger partial charge in [-0.3, -0.25) is 0 Å². The van der Waals surface area contributed by atoms with E-state index >= 15 is 0 Å². The highest BCUT2D eigenvalue weighted by Crippen LogP contribution is 2.48. The van der Waals surface area contributed by atoms with E-state index in [0.717, 1.165) is 21.9 Å². The SMILES string of the molecule is C[Si](C)(C)C#CC[C@@]1(O)CC2=C([Si](C)(C)C)C(=O)OC2=C(c2ccccc2)C1. The molecule has 1 heterocycles. The molecule has 1 aromatic carbocycles. The second-order valence-electron chi connectivity index (χ2n) is 9.97. The molecule has 1 atom stereocenters. The Kier molecular flexibility index (Phi) is 5.35. The first-order valence-corrected chi connectivity index (χ1v) is 16.9. The number of benzene rings is 1. The second kappa shape index (κ2) is 7.18. The van der Waals surface area contributed by atoms with E-state index in [2.05, 4.69) is 50.7 Å². The Bertz CT molecular complexity index is 919. The van der Waals surface area contributed by atoms with E-state index in [-0.39, 0.29) is 5.97 Å². The summed E-state index contributed by atoms with van der Waals surface area (Å²) in [5.41, 5.74) is 5.21. The van der Waals surface area contributed by atoms with Crippen LogP contribution in [0.25, 0.3) is 5.57 Å². The van der Waals surface area contributed by atoms with Gasteiger partial charge in [0.2, 0.25) is 0 Å². The van der Waals surface area contributed by atoms with Crippen molar-refractivity contribution in [1.29, 1.82) is 0 Å². The van der Waals surface area contributed by atoms with Crippen molar-refractivity contribution in [3.8, 4) is 11.5 Å². The number of aliphatic hydroxyl groups is 1. The summed E-state index contributed by atoms with van der Waals surface area (Å²) in [6.45, 7) is 13.1. The Hall–Kier alpha value is -1.88. The van der Waals surface area contributed by atoms with Crippen molar-refractivity contribution < 1.29 is 14.6 Å². The van der Waals surface area contributed by atoms with Crippen molar-refractivity contribution in [2.24, 2.45) is 0 Å². The molecule has 1 N–H and O–H groups in total. The van der Waals surface area contributed by atoms with Gasteiger partial charge in [0.15, 0.2) is 0 Å². The normalized spacial score (nSPS) is 22.6. The van der Waals surface area contributed by atoms with E-state index in [9.17, 15) is 9.90 Å². The molecule has 1 aliphatic heterocycles. The number of hydrogen-bond donors (Lipinski definition) is 1. The molecule has 0 radical (unpaired) electrons. The average Bonchev–Trinajstić information content (AvgIpc) is 2.89. The number of rotatable bonds is 3. The summed E-state index contributed by atoms with van der Waals surface area (Å²) >= 11 is 0. The van der Waals surface area contributed by atoms with E-state index in [1.807, 2.05) is 30.3 Å². The van der Waals surface area contributed by atoms with Crippen LogP contribution in [0.2, 0.25) is 39.3 Å². The lowest BCUT2D eigenvalue weighted by atomic mass is 9.77. The molecule has 0 fully saturated rings. The molecule has 0 aromatic heterocycles. The van der Waals surface area contributed by atoms with E-state index < -0.39 is 21.7 Å². The lowest BCUT2D eigenvalue weighted by Gasteiger charge is -2.34. The van der Waals surface area contributed by atoms with Crippen molar-refractivity contribution in [3.63, 3.8) is 0 Å². The van der Waals surface area contributed by atoms with Gasteiger partial charge in [-0.25, -0.2) is 4.79 Å². The minimum Gasteiger partial charge on any atom is -0.423 e.